The molecule has 0 aromatic rings. The number of carbonyl (C=O) groups is 1. The Labute approximate surface area is 256 Å². The molecule has 0 aromatic carbocycles. The number of esters is 1. The lowest BCUT2D eigenvalue weighted by atomic mass is 9.78. The molecule has 0 amide bonds. The normalized spacial score (nSPS) is 50.0. The summed E-state index contributed by atoms with van der Waals surface area (Å²) in [5.41, 5.74) is -3.69. The van der Waals surface area contributed by atoms with Crippen LogP contribution in [-0.4, -0.2) is 135 Å². The maximum atomic E-state index is 13.8. The Morgan fingerprint density at radius 2 is 1.63 bits per heavy atom. The summed E-state index contributed by atoms with van der Waals surface area (Å²) in [5, 5.41) is 83.6. The van der Waals surface area contributed by atoms with Gasteiger partial charge < -0.3 is 59.5 Å². The van der Waals surface area contributed by atoms with Gasteiger partial charge in [-0.15, -0.1) is 0 Å². The highest BCUT2D eigenvalue weighted by Crippen LogP contribution is 2.37. The number of cyclic esters (lactones) is 1. The van der Waals surface area contributed by atoms with E-state index in [1.54, 1.807) is 27.7 Å². The van der Waals surface area contributed by atoms with Crippen LogP contribution >= 0.6 is 0 Å². The minimum atomic E-state index is -1.97. The SMILES string of the molecule is CC[C@H]1OC(=O)[C@H](C)C(O)[C@H](C)[C@@H](O[C@@H]2O[C@H](C)CC([N+](C)(C)[O-])[C@H]2O)[C@](C)(O)C[C@@H](C)C[N+](C)([O-])[C@H](C)[C@@H](O)[C@]1(C)O. The van der Waals surface area contributed by atoms with E-state index in [9.17, 15) is 40.7 Å². The summed E-state index contributed by atoms with van der Waals surface area (Å²) in [4.78, 5) is 13.3. The minimum absolute atomic E-state index is 0.00529. The third kappa shape index (κ3) is 8.64. The number of hydrogen-bond donors (Lipinski definition) is 5. The summed E-state index contributed by atoms with van der Waals surface area (Å²) < 4.78 is 16.1. The quantitative estimate of drug-likeness (QED) is 0.130. The Balaban J connectivity index is 2.59. The lowest BCUT2D eigenvalue weighted by Gasteiger charge is -2.51. The Morgan fingerprint density at radius 1 is 1.07 bits per heavy atom. The molecule has 13 nitrogen and oxygen atoms in total. The minimum Gasteiger partial charge on any atom is -0.633 e. The fourth-order valence-electron chi connectivity index (χ4n) is 7.03. The van der Waals surface area contributed by atoms with E-state index in [1.807, 2.05) is 0 Å². The molecule has 0 aromatic heterocycles. The average Bonchev–Trinajstić information content (AvgIpc) is 2.87. The number of aliphatic hydroxyl groups excluding tert-OH is 3. The van der Waals surface area contributed by atoms with Gasteiger partial charge in [0.1, 0.15) is 29.9 Å². The van der Waals surface area contributed by atoms with Crippen LogP contribution in [0.15, 0.2) is 0 Å². The largest absolute Gasteiger partial charge is 0.633 e. The van der Waals surface area contributed by atoms with Crippen LogP contribution in [0.3, 0.4) is 0 Å². The molecule has 3 unspecified atom stereocenters. The van der Waals surface area contributed by atoms with Crippen LogP contribution in [0.4, 0.5) is 0 Å². The number of rotatable bonds is 4. The van der Waals surface area contributed by atoms with Crippen LogP contribution in [-0.2, 0) is 19.0 Å². The van der Waals surface area contributed by atoms with E-state index in [4.69, 9.17) is 14.2 Å². The van der Waals surface area contributed by atoms with Gasteiger partial charge in [-0.2, -0.15) is 0 Å². The van der Waals surface area contributed by atoms with Gasteiger partial charge >= 0.3 is 5.97 Å². The molecular formula is C30H58N2O11. The highest BCUT2D eigenvalue weighted by molar-refractivity contribution is 5.73. The van der Waals surface area contributed by atoms with Crippen molar-refractivity contribution in [2.75, 3.05) is 27.7 Å². The van der Waals surface area contributed by atoms with Gasteiger partial charge in [0.25, 0.3) is 0 Å². The maximum Gasteiger partial charge on any atom is 0.311 e. The Morgan fingerprint density at radius 3 is 2.14 bits per heavy atom. The molecule has 5 N–H and O–H groups in total. The monoisotopic (exact) mass is 622 g/mol. The number of hydrogen-bond acceptors (Lipinski definition) is 11. The fourth-order valence-corrected chi connectivity index (χ4v) is 7.03. The summed E-state index contributed by atoms with van der Waals surface area (Å²) >= 11 is 0. The van der Waals surface area contributed by atoms with Crippen molar-refractivity contribution in [1.29, 1.82) is 0 Å². The topological polar surface area (TPSA) is 192 Å². The average molecular weight is 623 g/mol. The van der Waals surface area contributed by atoms with Gasteiger partial charge in [-0.25, -0.2) is 0 Å². The van der Waals surface area contributed by atoms with Crippen molar-refractivity contribution in [3.05, 3.63) is 10.4 Å². The Kier molecular flexibility index (Phi) is 12.3. The van der Waals surface area contributed by atoms with Crippen molar-refractivity contribution in [2.24, 2.45) is 17.8 Å². The molecule has 254 valence electrons. The number of likely N-dealkylation sites (N-methyl/N-ethyl adjacent to an activating group) is 2. The van der Waals surface area contributed by atoms with Crippen molar-refractivity contribution >= 4 is 5.97 Å². The van der Waals surface area contributed by atoms with Gasteiger partial charge in [0.05, 0.1) is 57.5 Å². The molecule has 0 bridgehead atoms. The van der Waals surface area contributed by atoms with E-state index in [-0.39, 0.29) is 25.8 Å². The number of carbonyl (C=O) groups excluding carboxylic acids is 1. The predicted molar refractivity (Wildman–Crippen MR) is 159 cm³/mol. The smallest absolute Gasteiger partial charge is 0.311 e. The molecule has 0 spiro atoms. The second-order valence-corrected chi connectivity index (χ2v) is 14.5. The zero-order valence-electron chi connectivity index (χ0n) is 27.8. The first-order valence-electron chi connectivity index (χ1n) is 15.5. The van der Waals surface area contributed by atoms with Gasteiger partial charge in [-0.1, -0.05) is 20.8 Å². The molecule has 2 rings (SSSR count). The molecular weight excluding hydrogens is 564 g/mol. The fraction of sp³-hybridized carbons (Fsp3) is 0.967. The molecule has 0 radical (unpaired) electrons. The van der Waals surface area contributed by atoms with Crippen molar-refractivity contribution in [3.63, 3.8) is 0 Å². The van der Waals surface area contributed by atoms with E-state index in [0.717, 1.165) is 0 Å². The van der Waals surface area contributed by atoms with E-state index < -0.39 is 99.2 Å². The van der Waals surface area contributed by atoms with E-state index in [2.05, 4.69) is 0 Å². The molecule has 43 heavy (non-hydrogen) atoms. The molecule has 2 aliphatic rings. The molecule has 2 saturated heterocycles. The van der Waals surface area contributed by atoms with Gasteiger partial charge in [-0.05, 0) is 47.5 Å². The van der Waals surface area contributed by atoms with Crippen LogP contribution in [0.5, 0.6) is 0 Å². The first-order chi connectivity index (χ1) is 19.4. The van der Waals surface area contributed by atoms with E-state index in [0.29, 0.717) is 0 Å². The third-order valence-corrected chi connectivity index (χ3v) is 9.84. The molecule has 2 heterocycles. The predicted octanol–water partition coefficient (Wildman–Crippen LogP) is 1.00. The van der Waals surface area contributed by atoms with Gasteiger partial charge in [0, 0.05) is 18.3 Å². The number of quaternary nitrogens is 2. The number of ether oxygens (including phenoxy) is 3. The summed E-state index contributed by atoms with van der Waals surface area (Å²) in [6.45, 7) is 12.5. The molecule has 0 aliphatic carbocycles. The van der Waals surface area contributed by atoms with Crippen molar-refractivity contribution in [3.8, 4) is 0 Å². The second-order valence-electron chi connectivity index (χ2n) is 14.5. The molecule has 13 heteroatoms. The van der Waals surface area contributed by atoms with E-state index in [1.165, 1.54) is 48.8 Å². The molecule has 0 saturated carbocycles. The summed E-state index contributed by atoms with van der Waals surface area (Å²) in [5.74, 6) is -3.38. The van der Waals surface area contributed by atoms with Crippen molar-refractivity contribution in [1.82, 2.24) is 0 Å². The Bertz CT molecular complexity index is 924. The van der Waals surface area contributed by atoms with Crippen LogP contribution in [0.1, 0.15) is 74.7 Å². The number of hydroxylamine groups is 6. The van der Waals surface area contributed by atoms with Crippen LogP contribution in [0.25, 0.3) is 0 Å². The van der Waals surface area contributed by atoms with Crippen LogP contribution < -0.4 is 0 Å². The third-order valence-electron chi connectivity index (χ3n) is 9.84. The lowest BCUT2D eigenvalue weighted by molar-refractivity contribution is -0.892. The van der Waals surface area contributed by atoms with E-state index >= 15 is 0 Å². The second kappa shape index (κ2) is 13.8. The van der Waals surface area contributed by atoms with Crippen LogP contribution in [0.2, 0.25) is 0 Å². The van der Waals surface area contributed by atoms with Crippen molar-refractivity contribution < 1.29 is 53.8 Å². The number of aliphatic hydroxyl groups is 5. The van der Waals surface area contributed by atoms with Crippen molar-refractivity contribution in [2.45, 2.75) is 141 Å². The van der Waals surface area contributed by atoms with Crippen LogP contribution in [0, 0.1) is 28.2 Å². The zero-order chi connectivity index (χ0) is 33.5. The molecule has 2 aliphatic heterocycles. The molecule has 15 atom stereocenters. The first-order valence-corrected chi connectivity index (χ1v) is 15.5. The van der Waals surface area contributed by atoms with Gasteiger partial charge in [0.15, 0.2) is 12.4 Å². The Hall–Kier alpha value is -0.970. The summed E-state index contributed by atoms with van der Waals surface area (Å²) in [6, 6.07) is -1.81. The highest BCUT2D eigenvalue weighted by atomic mass is 16.7. The summed E-state index contributed by atoms with van der Waals surface area (Å²) in [6.07, 6.45) is -8.09. The highest BCUT2D eigenvalue weighted by Gasteiger charge is 2.52. The van der Waals surface area contributed by atoms with Gasteiger partial charge in [0.2, 0.25) is 0 Å². The summed E-state index contributed by atoms with van der Waals surface area (Å²) in [7, 11) is 4.21. The standard InChI is InChI=1S/C30H58N2O11/c1-12-22-30(8,38)25(35)20(6)32(11,40)15-16(2)14-29(7,37)26(18(4)23(33)19(5)27(36)42-22)43-28-24(34)21(31(9,10)39)13-17(3)41-28/h16-26,28,33-35,37-38H,12-15H2,1-11H3/t16-,17-,18+,19-,20-,21?,22-,23?,24-,25-,26-,28+,29-,30-,32?/m1/s1. The van der Waals surface area contributed by atoms with Gasteiger partial charge in [-0.3, -0.25) is 4.79 Å². The first kappa shape index (κ1) is 38.2. The molecule has 2 fully saturated rings. The maximum absolute atomic E-state index is 13.8. The lowest BCUT2D eigenvalue weighted by Crippen LogP contribution is -2.63. The number of nitrogens with zero attached hydrogens (tertiary/aromatic N) is 2. The zero-order valence-corrected chi connectivity index (χ0v) is 27.8.